The van der Waals surface area contributed by atoms with Crippen LogP contribution in [-0.2, 0) is 19.9 Å². The van der Waals surface area contributed by atoms with E-state index in [0.717, 1.165) is 6.42 Å². The summed E-state index contributed by atoms with van der Waals surface area (Å²) < 4.78 is 5.23. The summed E-state index contributed by atoms with van der Waals surface area (Å²) in [4.78, 5) is 45.1. The summed E-state index contributed by atoms with van der Waals surface area (Å²) in [6.45, 7) is 6.26. The van der Waals surface area contributed by atoms with E-state index in [4.69, 9.17) is 4.42 Å². The number of hydrogen-bond donors (Lipinski definition) is 2. The van der Waals surface area contributed by atoms with Gasteiger partial charge < -0.3 is 14.8 Å². The minimum absolute atomic E-state index is 0.129. The summed E-state index contributed by atoms with van der Waals surface area (Å²) >= 11 is 0. The summed E-state index contributed by atoms with van der Waals surface area (Å²) in [5.74, 6) is -1.65. The summed E-state index contributed by atoms with van der Waals surface area (Å²) in [6, 6.07) is 7.19. The highest BCUT2D eigenvalue weighted by Crippen LogP contribution is 2.56. The number of oxazole rings is 1. The van der Waals surface area contributed by atoms with Gasteiger partial charge in [0, 0.05) is 32.1 Å². The zero-order valence-corrected chi connectivity index (χ0v) is 21.0. The first kappa shape index (κ1) is 26.4. The molecule has 35 heavy (non-hydrogen) atoms. The molecular weight excluding hydrogens is 448 g/mol. The van der Waals surface area contributed by atoms with Crippen molar-refractivity contribution in [3.05, 3.63) is 42.5 Å². The van der Waals surface area contributed by atoms with Crippen molar-refractivity contribution in [2.75, 3.05) is 20.1 Å². The van der Waals surface area contributed by atoms with E-state index >= 15 is 0 Å². The topological polar surface area (TPSA) is 116 Å². The number of benzene rings is 1. The van der Waals surface area contributed by atoms with Crippen LogP contribution in [0, 0.1) is 5.41 Å². The standard InChI is InChI=1S/C26H36N4O5/c1-5-8-14-25(24(33)34)15-16-29(22(31)11-6-2)30(7-3)26(25,23(32)27-4)20-13-10-9-12-19(20)21-17-35-18-28-21/h9-10,12-13,17-18H,5-8,11,14-16H2,1-4H3,(H,27,32)(H,33,34)/t25-,26-/m1/s1. The van der Waals surface area contributed by atoms with Crippen molar-refractivity contribution >= 4 is 17.8 Å². The number of amides is 2. The molecule has 0 spiro atoms. The Morgan fingerprint density at radius 1 is 1.17 bits per heavy atom. The maximum Gasteiger partial charge on any atom is 0.312 e. The number of aliphatic carboxylic acids is 1. The van der Waals surface area contributed by atoms with Gasteiger partial charge in [0.25, 0.3) is 0 Å². The van der Waals surface area contributed by atoms with Crippen LogP contribution in [-0.4, -0.2) is 58.0 Å². The number of rotatable bonds is 10. The quantitative estimate of drug-likeness (QED) is 0.527. The Morgan fingerprint density at radius 2 is 1.91 bits per heavy atom. The van der Waals surface area contributed by atoms with Gasteiger partial charge in [0.05, 0.1) is 0 Å². The van der Waals surface area contributed by atoms with Crippen molar-refractivity contribution in [1.29, 1.82) is 0 Å². The van der Waals surface area contributed by atoms with Crippen molar-refractivity contribution in [1.82, 2.24) is 20.3 Å². The van der Waals surface area contributed by atoms with Gasteiger partial charge in [-0.25, -0.2) is 4.98 Å². The van der Waals surface area contributed by atoms with Gasteiger partial charge >= 0.3 is 5.97 Å². The lowest BCUT2D eigenvalue weighted by Crippen LogP contribution is -2.75. The second-order valence-corrected chi connectivity index (χ2v) is 8.93. The minimum atomic E-state index is -1.70. The van der Waals surface area contributed by atoms with Crippen molar-refractivity contribution in [3.63, 3.8) is 0 Å². The Morgan fingerprint density at radius 3 is 2.49 bits per heavy atom. The SMILES string of the molecule is CCCC[C@]1(C(=O)O)CCN(C(=O)CCC)N(CC)[C@@]1(C(=O)NC)c1ccccc1-c1cocn1. The van der Waals surface area contributed by atoms with E-state index in [-0.39, 0.29) is 31.8 Å². The van der Waals surface area contributed by atoms with Crippen molar-refractivity contribution < 1.29 is 23.9 Å². The van der Waals surface area contributed by atoms with Crippen LogP contribution in [0.3, 0.4) is 0 Å². The van der Waals surface area contributed by atoms with Gasteiger partial charge in [0.15, 0.2) is 11.9 Å². The average Bonchev–Trinajstić information content (AvgIpc) is 3.41. The normalized spacial score (nSPS) is 22.7. The molecule has 1 aliphatic heterocycles. The number of carbonyl (C=O) groups is 3. The summed E-state index contributed by atoms with van der Waals surface area (Å²) in [5.41, 5.74) is -1.61. The van der Waals surface area contributed by atoms with Crippen LogP contribution in [0.1, 0.15) is 64.9 Å². The molecular formula is C26H36N4O5. The van der Waals surface area contributed by atoms with Crippen LogP contribution < -0.4 is 5.32 Å². The van der Waals surface area contributed by atoms with Gasteiger partial charge in [-0.2, -0.15) is 5.01 Å². The van der Waals surface area contributed by atoms with E-state index in [9.17, 15) is 19.5 Å². The van der Waals surface area contributed by atoms with Gasteiger partial charge in [0.1, 0.15) is 17.4 Å². The van der Waals surface area contributed by atoms with E-state index in [1.807, 2.05) is 32.9 Å². The lowest BCUT2D eigenvalue weighted by molar-refractivity contribution is -0.221. The molecule has 9 heteroatoms. The number of hydrogen-bond acceptors (Lipinski definition) is 6. The maximum absolute atomic E-state index is 14.2. The Bertz CT molecular complexity index is 1040. The van der Waals surface area contributed by atoms with E-state index in [1.165, 1.54) is 19.7 Å². The van der Waals surface area contributed by atoms with Crippen LogP contribution in [0.2, 0.25) is 0 Å². The number of carbonyl (C=O) groups excluding carboxylic acids is 2. The monoisotopic (exact) mass is 484 g/mol. The van der Waals surface area contributed by atoms with Crippen LogP contribution >= 0.6 is 0 Å². The average molecular weight is 485 g/mol. The third-order valence-electron chi connectivity index (χ3n) is 7.12. The van der Waals surface area contributed by atoms with E-state index in [2.05, 4.69) is 10.3 Å². The fourth-order valence-electron chi connectivity index (χ4n) is 5.59. The molecule has 0 saturated carbocycles. The van der Waals surface area contributed by atoms with Crippen LogP contribution in [0.4, 0.5) is 0 Å². The molecule has 2 N–H and O–H groups in total. The predicted octanol–water partition coefficient (Wildman–Crippen LogP) is 3.81. The fraction of sp³-hybridized carbons (Fsp3) is 0.538. The summed E-state index contributed by atoms with van der Waals surface area (Å²) in [5, 5.41) is 16.9. The first-order chi connectivity index (χ1) is 16.8. The Hall–Kier alpha value is -3.20. The molecule has 0 radical (unpaired) electrons. The Labute approximate surface area is 206 Å². The zero-order valence-electron chi connectivity index (χ0n) is 21.0. The van der Waals surface area contributed by atoms with Crippen molar-refractivity contribution in [3.8, 4) is 11.3 Å². The lowest BCUT2D eigenvalue weighted by Gasteiger charge is -2.59. The lowest BCUT2D eigenvalue weighted by atomic mass is 9.58. The number of likely N-dealkylation sites (N-methyl/N-ethyl adjacent to an activating group) is 2. The molecule has 1 aromatic heterocycles. The molecule has 0 bridgehead atoms. The molecule has 3 rings (SSSR count). The summed E-state index contributed by atoms with van der Waals surface area (Å²) in [6.07, 6.45) is 5.56. The number of unbranched alkanes of at least 4 members (excludes halogenated alkanes) is 1. The molecule has 2 atom stereocenters. The molecule has 2 aromatic rings. The number of nitrogens with zero attached hydrogens (tertiary/aromatic N) is 3. The molecule has 0 unspecified atom stereocenters. The molecule has 2 heterocycles. The first-order valence-electron chi connectivity index (χ1n) is 12.4. The maximum atomic E-state index is 14.2. The van der Waals surface area contributed by atoms with Gasteiger partial charge in [-0.1, -0.05) is 57.9 Å². The molecule has 9 nitrogen and oxygen atoms in total. The number of carboxylic acid groups (broad SMARTS) is 1. The van der Waals surface area contributed by atoms with Crippen LogP contribution in [0.25, 0.3) is 11.3 Å². The smallest absolute Gasteiger partial charge is 0.312 e. The van der Waals surface area contributed by atoms with E-state index in [0.29, 0.717) is 36.1 Å². The first-order valence-corrected chi connectivity index (χ1v) is 12.4. The fourth-order valence-corrected chi connectivity index (χ4v) is 5.59. The van der Waals surface area contributed by atoms with Gasteiger partial charge in [-0.05, 0) is 24.8 Å². The highest BCUT2D eigenvalue weighted by molar-refractivity contribution is 5.97. The Balaban J connectivity index is 2.46. The molecule has 190 valence electrons. The molecule has 0 aliphatic carbocycles. The highest BCUT2D eigenvalue weighted by Gasteiger charge is 2.68. The van der Waals surface area contributed by atoms with E-state index in [1.54, 1.807) is 22.2 Å². The van der Waals surface area contributed by atoms with Gasteiger partial charge in [-0.15, -0.1) is 0 Å². The largest absolute Gasteiger partial charge is 0.481 e. The van der Waals surface area contributed by atoms with Crippen molar-refractivity contribution in [2.45, 2.75) is 64.8 Å². The number of aromatic nitrogens is 1. The number of hydrazine groups is 1. The van der Waals surface area contributed by atoms with Gasteiger partial charge in [0.2, 0.25) is 11.8 Å². The minimum Gasteiger partial charge on any atom is -0.481 e. The molecule has 1 aliphatic rings. The molecule has 2 amide bonds. The zero-order chi connectivity index (χ0) is 25.6. The third kappa shape index (κ3) is 4.22. The number of nitrogens with one attached hydrogen (secondary N) is 1. The predicted molar refractivity (Wildman–Crippen MR) is 131 cm³/mol. The Kier molecular flexibility index (Phi) is 8.32. The van der Waals surface area contributed by atoms with Crippen molar-refractivity contribution in [2.24, 2.45) is 5.41 Å². The van der Waals surface area contributed by atoms with Crippen LogP contribution in [0.5, 0.6) is 0 Å². The molecule has 1 aromatic carbocycles. The third-order valence-corrected chi connectivity index (χ3v) is 7.12. The second-order valence-electron chi connectivity index (χ2n) is 8.93. The number of carboxylic acids is 1. The molecule has 1 saturated heterocycles. The highest BCUT2D eigenvalue weighted by atomic mass is 16.4. The van der Waals surface area contributed by atoms with Crippen LogP contribution in [0.15, 0.2) is 41.3 Å². The molecule has 1 fully saturated rings. The summed E-state index contributed by atoms with van der Waals surface area (Å²) in [7, 11) is 1.51. The van der Waals surface area contributed by atoms with Gasteiger partial charge in [-0.3, -0.25) is 19.4 Å². The van der Waals surface area contributed by atoms with E-state index < -0.39 is 22.8 Å². The second kappa shape index (κ2) is 11.0.